The highest BCUT2D eigenvalue weighted by molar-refractivity contribution is 6.30. The van der Waals surface area contributed by atoms with Crippen LogP contribution >= 0.6 is 11.6 Å². The maximum Gasteiger partial charge on any atom is 0.418 e. The summed E-state index contributed by atoms with van der Waals surface area (Å²) in [5, 5.41) is 4.79. The molecule has 0 bridgehead atoms. The lowest BCUT2D eigenvalue weighted by Crippen LogP contribution is -2.42. The number of rotatable bonds is 2. The molecule has 1 aromatic rings. The minimum absolute atomic E-state index is 0.0303. The van der Waals surface area contributed by atoms with Gasteiger partial charge in [0.15, 0.2) is 0 Å². The number of urea groups is 1. The van der Waals surface area contributed by atoms with Crippen molar-refractivity contribution >= 4 is 23.3 Å². The largest absolute Gasteiger partial charge is 0.418 e. The molecule has 0 saturated heterocycles. The molecule has 1 aliphatic rings. The second kappa shape index (κ2) is 5.28. The predicted octanol–water partition coefficient (Wildman–Crippen LogP) is 4.03. The summed E-state index contributed by atoms with van der Waals surface area (Å²) in [4.78, 5) is 11.6. The molecular weight excluding hydrogens is 281 g/mol. The second-order valence-electron chi connectivity index (χ2n) is 4.41. The van der Waals surface area contributed by atoms with Crippen molar-refractivity contribution in [2.45, 2.75) is 31.5 Å². The average Bonchev–Trinajstić information content (AvgIpc) is 2.25. The number of hydrogen-bond donors (Lipinski definition) is 2. The maximum atomic E-state index is 12.8. The lowest BCUT2D eigenvalue weighted by atomic mass is 9.93. The number of benzene rings is 1. The standard InChI is InChI=1S/C12H12ClF3N2O/c13-7-4-5-10(9(6-7)12(14,15)16)18-11(19)17-8-2-1-3-8/h4-6,8H,1-3H2,(H2,17,18,19). The van der Waals surface area contributed by atoms with Gasteiger partial charge in [-0.2, -0.15) is 13.2 Å². The third-order valence-electron chi connectivity index (χ3n) is 2.98. The molecular formula is C12H12ClF3N2O. The highest BCUT2D eigenvalue weighted by Crippen LogP contribution is 2.36. The van der Waals surface area contributed by atoms with Gasteiger partial charge >= 0.3 is 12.2 Å². The van der Waals surface area contributed by atoms with Crippen LogP contribution in [0.25, 0.3) is 0 Å². The van der Waals surface area contributed by atoms with E-state index in [1.807, 2.05) is 0 Å². The first-order chi connectivity index (χ1) is 8.86. The number of alkyl halides is 3. The molecule has 0 aromatic heterocycles. The number of halogens is 4. The molecule has 0 heterocycles. The van der Waals surface area contributed by atoms with Gasteiger partial charge in [0.05, 0.1) is 11.3 Å². The summed E-state index contributed by atoms with van der Waals surface area (Å²) < 4.78 is 38.4. The molecule has 1 saturated carbocycles. The first kappa shape index (κ1) is 14.0. The van der Waals surface area contributed by atoms with Gasteiger partial charge in [0.25, 0.3) is 0 Å². The Bertz CT molecular complexity index is 486. The van der Waals surface area contributed by atoms with E-state index in [4.69, 9.17) is 11.6 Å². The van der Waals surface area contributed by atoms with Crippen LogP contribution in [0.15, 0.2) is 18.2 Å². The van der Waals surface area contributed by atoms with Crippen molar-refractivity contribution in [2.24, 2.45) is 0 Å². The zero-order chi connectivity index (χ0) is 14.0. The maximum absolute atomic E-state index is 12.8. The van der Waals surface area contributed by atoms with Crippen LogP contribution in [0.3, 0.4) is 0 Å². The normalized spacial score (nSPS) is 15.8. The summed E-state index contributed by atoms with van der Waals surface area (Å²) in [7, 11) is 0. The summed E-state index contributed by atoms with van der Waals surface area (Å²) in [5.74, 6) is 0. The number of hydrogen-bond acceptors (Lipinski definition) is 1. The minimum atomic E-state index is -4.57. The summed E-state index contributed by atoms with van der Waals surface area (Å²) in [6, 6.07) is 2.67. The van der Waals surface area contributed by atoms with Crippen molar-refractivity contribution in [3.8, 4) is 0 Å². The highest BCUT2D eigenvalue weighted by Gasteiger charge is 2.34. The Labute approximate surface area is 113 Å². The first-order valence-corrected chi connectivity index (χ1v) is 6.18. The van der Waals surface area contributed by atoms with E-state index in [1.54, 1.807) is 0 Å². The zero-order valence-corrected chi connectivity index (χ0v) is 10.6. The van der Waals surface area contributed by atoms with Crippen LogP contribution in [0.2, 0.25) is 5.02 Å². The van der Waals surface area contributed by atoms with Gasteiger partial charge in [-0.3, -0.25) is 0 Å². The Hall–Kier alpha value is -1.43. The van der Waals surface area contributed by atoms with Crippen molar-refractivity contribution in [2.75, 3.05) is 5.32 Å². The van der Waals surface area contributed by atoms with E-state index in [0.717, 1.165) is 31.4 Å². The molecule has 0 aliphatic heterocycles. The van der Waals surface area contributed by atoms with Crippen LogP contribution < -0.4 is 10.6 Å². The van der Waals surface area contributed by atoms with Gasteiger partial charge < -0.3 is 10.6 Å². The molecule has 1 aromatic carbocycles. The van der Waals surface area contributed by atoms with Gasteiger partial charge in [-0.25, -0.2) is 4.79 Å². The van der Waals surface area contributed by atoms with E-state index in [0.29, 0.717) is 0 Å². The molecule has 0 radical (unpaired) electrons. The quantitative estimate of drug-likeness (QED) is 0.849. The van der Waals surface area contributed by atoms with E-state index in [-0.39, 0.29) is 16.8 Å². The van der Waals surface area contributed by atoms with E-state index in [9.17, 15) is 18.0 Å². The van der Waals surface area contributed by atoms with Gasteiger partial charge in [-0.05, 0) is 37.5 Å². The molecule has 2 amide bonds. The number of anilines is 1. The van der Waals surface area contributed by atoms with Crippen molar-refractivity contribution in [3.63, 3.8) is 0 Å². The zero-order valence-electron chi connectivity index (χ0n) is 9.85. The van der Waals surface area contributed by atoms with Crippen LogP contribution in [0, 0.1) is 0 Å². The van der Waals surface area contributed by atoms with E-state index >= 15 is 0 Å². The van der Waals surface area contributed by atoms with Gasteiger partial charge in [0.1, 0.15) is 0 Å². The average molecular weight is 293 g/mol. The molecule has 2 N–H and O–H groups in total. The number of carbonyl (C=O) groups is 1. The third kappa shape index (κ3) is 3.53. The molecule has 1 fully saturated rings. The summed E-state index contributed by atoms with van der Waals surface area (Å²) >= 11 is 5.55. The lowest BCUT2D eigenvalue weighted by Gasteiger charge is -2.26. The molecule has 19 heavy (non-hydrogen) atoms. The molecule has 0 unspecified atom stereocenters. The van der Waals surface area contributed by atoms with Crippen LogP contribution in [-0.2, 0) is 6.18 Å². The van der Waals surface area contributed by atoms with E-state index < -0.39 is 17.8 Å². The summed E-state index contributed by atoms with van der Waals surface area (Å²) in [6.07, 6.45) is -1.82. The molecule has 7 heteroatoms. The summed E-state index contributed by atoms with van der Waals surface area (Å²) in [5.41, 5.74) is -1.25. The molecule has 104 valence electrons. The van der Waals surface area contributed by atoms with Crippen molar-refractivity contribution < 1.29 is 18.0 Å². The Balaban J connectivity index is 2.12. The van der Waals surface area contributed by atoms with Crippen molar-refractivity contribution in [3.05, 3.63) is 28.8 Å². The molecule has 0 atom stereocenters. The SMILES string of the molecule is O=C(Nc1ccc(Cl)cc1C(F)(F)F)NC1CCC1. The fraction of sp³-hybridized carbons (Fsp3) is 0.417. The topological polar surface area (TPSA) is 41.1 Å². The van der Waals surface area contributed by atoms with Gasteiger partial charge in [0.2, 0.25) is 0 Å². The fourth-order valence-electron chi connectivity index (χ4n) is 1.76. The smallest absolute Gasteiger partial charge is 0.335 e. The Morgan fingerprint density at radius 1 is 1.32 bits per heavy atom. The van der Waals surface area contributed by atoms with Gasteiger partial charge in [0, 0.05) is 11.1 Å². The third-order valence-corrected chi connectivity index (χ3v) is 3.21. The number of amides is 2. The van der Waals surface area contributed by atoms with Crippen molar-refractivity contribution in [1.29, 1.82) is 0 Å². The predicted molar refractivity (Wildman–Crippen MR) is 66.2 cm³/mol. The monoisotopic (exact) mass is 292 g/mol. The van der Waals surface area contributed by atoms with Gasteiger partial charge in [-0.15, -0.1) is 0 Å². The fourth-order valence-corrected chi connectivity index (χ4v) is 1.93. The number of carbonyl (C=O) groups excluding carboxylic acids is 1. The molecule has 0 spiro atoms. The Morgan fingerprint density at radius 2 is 2.00 bits per heavy atom. The number of nitrogens with one attached hydrogen (secondary N) is 2. The van der Waals surface area contributed by atoms with E-state index in [1.165, 1.54) is 6.07 Å². The van der Waals surface area contributed by atoms with Gasteiger partial charge in [-0.1, -0.05) is 11.6 Å². The van der Waals surface area contributed by atoms with Crippen molar-refractivity contribution in [1.82, 2.24) is 5.32 Å². The minimum Gasteiger partial charge on any atom is -0.335 e. The molecule has 2 rings (SSSR count). The van der Waals surface area contributed by atoms with Crippen LogP contribution in [0.4, 0.5) is 23.7 Å². The van der Waals surface area contributed by atoms with E-state index in [2.05, 4.69) is 10.6 Å². The molecule has 3 nitrogen and oxygen atoms in total. The Kier molecular flexibility index (Phi) is 3.89. The Morgan fingerprint density at radius 3 is 2.53 bits per heavy atom. The molecule has 1 aliphatic carbocycles. The second-order valence-corrected chi connectivity index (χ2v) is 4.85. The summed E-state index contributed by atoms with van der Waals surface area (Å²) in [6.45, 7) is 0. The lowest BCUT2D eigenvalue weighted by molar-refractivity contribution is -0.136. The van der Waals surface area contributed by atoms with Crippen LogP contribution in [0.1, 0.15) is 24.8 Å². The first-order valence-electron chi connectivity index (χ1n) is 5.80. The highest BCUT2D eigenvalue weighted by atomic mass is 35.5. The van der Waals surface area contributed by atoms with Crippen LogP contribution in [-0.4, -0.2) is 12.1 Å². The van der Waals surface area contributed by atoms with Crippen LogP contribution in [0.5, 0.6) is 0 Å².